The van der Waals surface area contributed by atoms with Gasteiger partial charge in [0, 0.05) is 41.2 Å². The summed E-state index contributed by atoms with van der Waals surface area (Å²) in [6.45, 7) is 6.57. The van der Waals surface area contributed by atoms with Gasteiger partial charge in [-0.3, -0.25) is 4.98 Å². The zero-order valence-corrected chi connectivity index (χ0v) is 15.7. The Hall–Kier alpha value is -3.00. The average Bonchev–Trinajstić information content (AvgIpc) is 2.66. The Morgan fingerprint density at radius 3 is 2.42 bits per heavy atom. The van der Waals surface area contributed by atoms with Crippen LogP contribution in [0.4, 0.5) is 0 Å². The Kier molecular flexibility index (Phi) is 4.04. The zero-order valence-electron chi connectivity index (χ0n) is 15.7. The molecule has 4 rings (SSSR count). The fraction of sp³-hybridized carbons (Fsp3) is 0.167. The number of fused-ring (bicyclic) bond motifs is 1. The summed E-state index contributed by atoms with van der Waals surface area (Å²) in [5, 5.41) is 1.24. The molecule has 2 aromatic heterocycles. The van der Waals surface area contributed by atoms with Gasteiger partial charge in [0.25, 0.3) is 0 Å². The molecule has 2 nitrogen and oxygen atoms in total. The van der Waals surface area contributed by atoms with E-state index in [0.29, 0.717) is 0 Å². The van der Waals surface area contributed by atoms with E-state index in [0.717, 1.165) is 5.56 Å². The van der Waals surface area contributed by atoms with Crippen molar-refractivity contribution >= 4 is 10.9 Å². The molecule has 4 aromatic rings. The van der Waals surface area contributed by atoms with Crippen molar-refractivity contribution in [2.24, 2.45) is 7.05 Å². The highest BCUT2D eigenvalue weighted by atomic mass is 14.9. The molecule has 0 bridgehead atoms. The lowest BCUT2D eigenvalue weighted by molar-refractivity contribution is -0.633. The zero-order chi connectivity index (χ0) is 18.3. The van der Waals surface area contributed by atoms with Crippen LogP contribution >= 0.6 is 0 Å². The molecule has 0 atom stereocenters. The molecular formula is C24H23N2+. The minimum atomic E-state index is 1.15. The number of para-hydroxylation sites is 1. The summed E-state index contributed by atoms with van der Waals surface area (Å²) in [4.78, 5) is 4.33. The predicted molar refractivity (Wildman–Crippen MR) is 108 cm³/mol. The van der Waals surface area contributed by atoms with E-state index in [1.54, 1.807) is 0 Å². The largest absolute Gasteiger partial charge is 0.264 e. The molecule has 0 aliphatic rings. The van der Waals surface area contributed by atoms with Gasteiger partial charge < -0.3 is 0 Å². The number of nitrogens with zero attached hydrogens (tertiary/aromatic N) is 2. The second-order valence-electron chi connectivity index (χ2n) is 7.02. The molecule has 0 saturated heterocycles. The van der Waals surface area contributed by atoms with Gasteiger partial charge in [-0.2, -0.15) is 4.57 Å². The molecule has 0 spiro atoms. The summed E-state index contributed by atoms with van der Waals surface area (Å²) in [6.07, 6.45) is 3.77. The summed E-state index contributed by atoms with van der Waals surface area (Å²) in [6, 6.07) is 19.6. The Morgan fingerprint density at radius 1 is 0.846 bits per heavy atom. The maximum absolute atomic E-state index is 4.33. The lowest BCUT2D eigenvalue weighted by Crippen LogP contribution is -2.32. The standard InChI is InChI=1S/C24H23N2/c1-16-12-17(2)18(3)21(13-16)24-14-22(19-8-7-11-25-15-19)20-9-5-6-10-23(20)26(24)4/h5-15H,1-4H3/q+1. The molecule has 0 unspecified atom stereocenters. The highest BCUT2D eigenvalue weighted by molar-refractivity contribution is 5.94. The minimum Gasteiger partial charge on any atom is -0.264 e. The van der Waals surface area contributed by atoms with Crippen LogP contribution < -0.4 is 4.57 Å². The maximum Gasteiger partial charge on any atom is 0.213 e. The van der Waals surface area contributed by atoms with Crippen LogP contribution in [-0.4, -0.2) is 4.98 Å². The van der Waals surface area contributed by atoms with Gasteiger partial charge in [-0.05, 0) is 50.1 Å². The molecule has 2 heteroatoms. The van der Waals surface area contributed by atoms with E-state index in [1.165, 1.54) is 44.4 Å². The molecule has 0 aliphatic carbocycles. The quantitative estimate of drug-likeness (QED) is 0.452. The van der Waals surface area contributed by atoms with E-state index in [2.05, 4.69) is 85.9 Å². The molecule has 0 saturated carbocycles. The fourth-order valence-electron chi connectivity index (χ4n) is 3.76. The third kappa shape index (κ3) is 2.68. The van der Waals surface area contributed by atoms with Crippen molar-refractivity contribution in [2.45, 2.75) is 20.8 Å². The Morgan fingerprint density at radius 2 is 1.65 bits per heavy atom. The van der Waals surface area contributed by atoms with E-state index in [-0.39, 0.29) is 0 Å². The van der Waals surface area contributed by atoms with Gasteiger partial charge in [-0.15, -0.1) is 0 Å². The van der Waals surface area contributed by atoms with Crippen LogP contribution in [-0.2, 0) is 7.05 Å². The Labute approximate surface area is 154 Å². The number of hydrogen-bond donors (Lipinski definition) is 0. The van der Waals surface area contributed by atoms with E-state index in [9.17, 15) is 0 Å². The number of pyridine rings is 2. The van der Waals surface area contributed by atoms with E-state index < -0.39 is 0 Å². The third-order valence-electron chi connectivity index (χ3n) is 5.26. The molecular weight excluding hydrogens is 316 g/mol. The summed E-state index contributed by atoms with van der Waals surface area (Å²) >= 11 is 0. The van der Waals surface area contributed by atoms with Gasteiger partial charge in [0.05, 0.1) is 5.39 Å². The first-order valence-electron chi connectivity index (χ1n) is 8.96. The highest BCUT2D eigenvalue weighted by Gasteiger charge is 2.20. The van der Waals surface area contributed by atoms with Crippen molar-refractivity contribution in [2.75, 3.05) is 0 Å². The summed E-state index contributed by atoms with van der Waals surface area (Å²) in [5.41, 5.74) is 10.1. The van der Waals surface area contributed by atoms with Gasteiger partial charge >= 0.3 is 0 Å². The molecule has 0 N–H and O–H groups in total. The van der Waals surface area contributed by atoms with Crippen molar-refractivity contribution in [1.29, 1.82) is 0 Å². The smallest absolute Gasteiger partial charge is 0.213 e. The van der Waals surface area contributed by atoms with Crippen LogP contribution in [0.15, 0.2) is 67.0 Å². The Bertz CT molecular complexity index is 1110. The van der Waals surface area contributed by atoms with Gasteiger partial charge in [0.15, 0.2) is 0 Å². The lowest BCUT2D eigenvalue weighted by Gasteiger charge is -2.13. The monoisotopic (exact) mass is 339 g/mol. The first kappa shape index (κ1) is 16.5. The van der Waals surface area contributed by atoms with Gasteiger partial charge in [0.1, 0.15) is 7.05 Å². The number of rotatable bonds is 2. The van der Waals surface area contributed by atoms with E-state index in [1.807, 2.05) is 18.5 Å². The Balaban J connectivity index is 2.11. The molecule has 0 radical (unpaired) electrons. The molecule has 26 heavy (non-hydrogen) atoms. The second-order valence-corrected chi connectivity index (χ2v) is 7.02. The van der Waals surface area contributed by atoms with E-state index >= 15 is 0 Å². The van der Waals surface area contributed by atoms with Gasteiger partial charge in [-0.1, -0.05) is 29.8 Å². The molecule has 2 heterocycles. The molecule has 0 amide bonds. The predicted octanol–water partition coefficient (Wildman–Crippen LogP) is 5.32. The van der Waals surface area contributed by atoms with Gasteiger partial charge in [0.2, 0.25) is 11.2 Å². The summed E-state index contributed by atoms with van der Waals surface area (Å²) in [7, 11) is 2.15. The lowest BCUT2D eigenvalue weighted by atomic mass is 9.94. The third-order valence-corrected chi connectivity index (χ3v) is 5.26. The number of aromatic nitrogens is 2. The first-order valence-corrected chi connectivity index (χ1v) is 8.96. The van der Waals surface area contributed by atoms with Crippen LogP contribution in [0.2, 0.25) is 0 Å². The van der Waals surface area contributed by atoms with Gasteiger partial charge in [-0.25, -0.2) is 0 Å². The maximum atomic E-state index is 4.33. The van der Waals surface area contributed by atoms with Crippen LogP contribution in [0.3, 0.4) is 0 Å². The normalized spacial score (nSPS) is 11.1. The highest BCUT2D eigenvalue weighted by Crippen LogP contribution is 2.32. The fourth-order valence-corrected chi connectivity index (χ4v) is 3.76. The number of aryl methyl sites for hydroxylation is 3. The van der Waals surface area contributed by atoms with Crippen molar-refractivity contribution in [3.63, 3.8) is 0 Å². The van der Waals surface area contributed by atoms with Crippen molar-refractivity contribution in [3.8, 4) is 22.4 Å². The van der Waals surface area contributed by atoms with Crippen molar-refractivity contribution in [3.05, 3.63) is 83.7 Å². The van der Waals surface area contributed by atoms with Crippen LogP contribution in [0, 0.1) is 20.8 Å². The summed E-state index contributed by atoms with van der Waals surface area (Å²) < 4.78 is 2.30. The van der Waals surface area contributed by atoms with Crippen LogP contribution in [0.25, 0.3) is 33.3 Å². The van der Waals surface area contributed by atoms with Crippen LogP contribution in [0.1, 0.15) is 16.7 Å². The number of hydrogen-bond acceptors (Lipinski definition) is 1. The van der Waals surface area contributed by atoms with E-state index in [4.69, 9.17) is 0 Å². The van der Waals surface area contributed by atoms with Crippen molar-refractivity contribution < 1.29 is 4.57 Å². The topological polar surface area (TPSA) is 16.8 Å². The molecule has 0 aliphatic heterocycles. The van der Waals surface area contributed by atoms with Crippen molar-refractivity contribution in [1.82, 2.24) is 4.98 Å². The number of benzene rings is 2. The molecule has 0 fully saturated rings. The average molecular weight is 339 g/mol. The van der Waals surface area contributed by atoms with Crippen LogP contribution in [0.5, 0.6) is 0 Å². The molecule has 2 aromatic carbocycles. The first-order chi connectivity index (χ1) is 12.6. The minimum absolute atomic E-state index is 1.15. The SMILES string of the molecule is Cc1cc(C)c(C)c(-c2cc(-c3cccnc3)c3ccccc3[n+]2C)c1. The second kappa shape index (κ2) is 6.38. The summed E-state index contributed by atoms with van der Waals surface area (Å²) in [5.74, 6) is 0. The molecule has 128 valence electrons.